The zero-order chi connectivity index (χ0) is 17.7. The van der Waals surface area contributed by atoms with Gasteiger partial charge in [-0.25, -0.2) is 4.79 Å². The van der Waals surface area contributed by atoms with Crippen LogP contribution in [0.15, 0.2) is 4.79 Å². The topological polar surface area (TPSA) is 86.3 Å². The maximum absolute atomic E-state index is 12.6. The average Bonchev–Trinajstić information content (AvgIpc) is 2.54. The number of nitrogens with zero attached hydrogens (tertiary/aromatic N) is 2. The molecule has 1 aliphatic heterocycles. The fraction of sp³-hybridized carbons (Fsp3) is 0.722. The molecule has 2 N–H and O–H groups in total. The molecular weight excluding hydrogens is 306 g/mol. The fourth-order valence-corrected chi connectivity index (χ4v) is 3.88. The van der Waals surface area contributed by atoms with E-state index in [1.807, 2.05) is 11.8 Å². The maximum atomic E-state index is 12.6. The molecule has 134 valence electrons. The van der Waals surface area contributed by atoms with Gasteiger partial charge in [0.2, 0.25) is 5.91 Å². The van der Waals surface area contributed by atoms with Crippen molar-refractivity contribution < 1.29 is 9.90 Å². The first-order valence-corrected chi connectivity index (χ1v) is 8.86. The van der Waals surface area contributed by atoms with E-state index in [1.54, 1.807) is 6.92 Å². The van der Waals surface area contributed by atoms with Gasteiger partial charge in [0.15, 0.2) is 0 Å². The lowest BCUT2D eigenvalue weighted by Crippen LogP contribution is -2.47. The molecule has 1 unspecified atom stereocenters. The highest BCUT2D eigenvalue weighted by Gasteiger charge is 2.35. The second-order valence-electron chi connectivity index (χ2n) is 7.06. The number of aryl methyl sites for hydroxylation is 2. The standard InChI is InChI=1S/C18H29N3O3/c1-4-8-18(12-22)9-5-10-21(11-18)16(23)7-6-15-13(2)19-17(24)20-14(15)3/h22H,4-12H2,1-3H3,(H,19,20,24). The lowest BCUT2D eigenvalue weighted by molar-refractivity contribution is -0.135. The van der Waals surface area contributed by atoms with Crippen LogP contribution in [0.25, 0.3) is 0 Å². The summed E-state index contributed by atoms with van der Waals surface area (Å²) >= 11 is 0. The van der Waals surface area contributed by atoms with E-state index < -0.39 is 0 Å². The fourth-order valence-electron chi connectivity index (χ4n) is 3.88. The Labute approximate surface area is 143 Å². The number of carbonyl (C=O) groups is 1. The molecular formula is C18H29N3O3. The van der Waals surface area contributed by atoms with Crippen LogP contribution in [0.2, 0.25) is 0 Å². The molecule has 2 heterocycles. The molecule has 2 rings (SSSR count). The number of aromatic amines is 1. The molecule has 1 aromatic heterocycles. The van der Waals surface area contributed by atoms with E-state index in [1.165, 1.54) is 0 Å². The monoisotopic (exact) mass is 335 g/mol. The number of nitrogens with one attached hydrogen (secondary N) is 1. The first kappa shape index (κ1) is 18.6. The molecule has 0 radical (unpaired) electrons. The van der Waals surface area contributed by atoms with Gasteiger partial charge in [0.25, 0.3) is 0 Å². The van der Waals surface area contributed by atoms with Gasteiger partial charge in [0.1, 0.15) is 0 Å². The zero-order valence-corrected chi connectivity index (χ0v) is 15.0. The number of aliphatic hydroxyl groups excluding tert-OH is 1. The summed E-state index contributed by atoms with van der Waals surface area (Å²) in [5.41, 5.74) is 1.95. The molecule has 0 spiro atoms. The van der Waals surface area contributed by atoms with Crippen molar-refractivity contribution in [2.75, 3.05) is 19.7 Å². The number of hydrogen-bond donors (Lipinski definition) is 2. The number of H-pyrrole nitrogens is 1. The van der Waals surface area contributed by atoms with Crippen LogP contribution in [0.1, 0.15) is 56.0 Å². The van der Waals surface area contributed by atoms with Crippen LogP contribution in [0.3, 0.4) is 0 Å². The normalized spacial score (nSPS) is 21.1. The molecule has 1 aliphatic rings. The van der Waals surface area contributed by atoms with Crippen molar-refractivity contribution in [3.05, 3.63) is 27.4 Å². The third kappa shape index (κ3) is 4.23. The van der Waals surface area contributed by atoms with Gasteiger partial charge < -0.3 is 15.0 Å². The zero-order valence-electron chi connectivity index (χ0n) is 15.0. The molecule has 24 heavy (non-hydrogen) atoms. The molecule has 0 aromatic carbocycles. The van der Waals surface area contributed by atoms with Crippen molar-refractivity contribution in [3.8, 4) is 0 Å². The maximum Gasteiger partial charge on any atom is 0.345 e. The molecule has 6 heteroatoms. The van der Waals surface area contributed by atoms with Gasteiger partial charge in [0.05, 0.1) is 6.61 Å². The van der Waals surface area contributed by atoms with Crippen molar-refractivity contribution in [1.29, 1.82) is 0 Å². The Hall–Kier alpha value is -1.69. The highest BCUT2D eigenvalue weighted by molar-refractivity contribution is 5.76. The van der Waals surface area contributed by atoms with Gasteiger partial charge in [-0.1, -0.05) is 13.3 Å². The number of aliphatic hydroxyl groups is 1. The summed E-state index contributed by atoms with van der Waals surface area (Å²) in [6.45, 7) is 7.33. The predicted octanol–water partition coefficient (Wildman–Crippen LogP) is 1.72. The van der Waals surface area contributed by atoms with E-state index >= 15 is 0 Å². The predicted molar refractivity (Wildman–Crippen MR) is 92.9 cm³/mol. The van der Waals surface area contributed by atoms with Crippen LogP contribution in [0, 0.1) is 19.3 Å². The number of likely N-dealkylation sites (tertiary alicyclic amines) is 1. The summed E-state index contributed by atoms with van der Waals surface area (Å²) in [7, 11) is 0. The van der Waals surface area contributed by atoms with Crippen molar-refractivity contribution in [3.63, 3.8) is 0 Å². The Morgan fingerprint density at radius 2 is 2.17 bits per heavy atom. The largest absolute Gasteiger partial charge is 0.396 e. The molecule has 6 nitrogen and oxygen atoms in total. The van der Waals surface area contributed by atoms with Crippen LogP contribution < -0.4 is 5.69 Å². The Kier molecular flexibility index (Phi) is 6.15. The molecule has 1 fully saturated rings. The quantitative estimate of drug-likeness (QED) is 0.829. The number of piperidine rings is 1. The van der Waals surface area contributed by atoms with Crippen molar-refractivity contribution in [1.82, 2.24) is 14.9 Å². The molecule has 1 saturated heterocycles. The first-order valence-electron chi connectivity index (χ1n) is 8.86. The number of aromatic nitrogens is 2. The molecule has 1 atom stereocenters. The number of rotatable bonds is 6. The third-order valence-corrected chi connectivity index (χ3v) is 5.17. The minimum Gasteiger partial charge on any atom is -0.396 e. The van der Waals surface area contributed by atoms with Gasteiger partial charge >= 0.3 is 5.69 Å². The number of hydrogen-bond acceptors (Lipinski definition) is 4. The summed E-state index contributed by atoms with van der Waals surface area (Å²) in [6.07, 6.45) is 4.90. The molecule has 0 aliphatic carbocycles. The van der Waals surface area contributed by atoms with E-state index in [4.69, 9.17) is 0 Å². The molecule has 0 bridgehead atoms. The minimum absolute atomic E-state index is 0.119. The third-order valence-electron chi connectivity index (χ3n) is 5.17. The molecule has 1 amide bonds. The van der Waals surface area contributed by atoms with Crippen LogP contribution in [0.4, 0.5) is 0 Å². The summed E-state index contributed by atoms with van der Waals surface area (Å²) in [6, 6.07) is 0. The van der Waals surface area contributed by atoms with Crippen molar-refractivity contribution in [2.24, 2.45) is 5.41 Å². The van der Waals surface area contributed by atoms with E-state index in [0.717, 1.165) is 43.5 Å². The van der Waals surface area contributed by atoms with Crippen LogP contribution in [0.5, 0.6) is 0 Å². The Bertz CT molecular complexity index is 611. The van der Waals surface area contributed by atoms with E-state index in [-0.39, 0.29) is 23.6 Å². The average molecular weight is 335 g/mol. The van der Waals surface area contributed by atoms with Gasteiger partial charge in [-0.15, -0.1) is 0 Å². The highest BCUT2D eigenvalue weighted by atomic mass is 16.3. The molecule has 0 saturated carbocycles. The number of carbonyl (C=O) groups excluding carboxylic acids is 1. The Morgan fingerprint density at radius 3 is 2.79 bits per heavy atom. The highest BCUT2D eigenvalue weighted by Crippen LogP contribution is 2.34. The van der Waals surface area contributed by atoms with E-state index in [9.17, 15) is 14.7 Å². The van der Waals surface area contributed by atoms with E-state index in [2.05, 4.69) is 16.9 Å². The van der Waals surface area contributed by atoms with Crippen LogP contribution >= 0.6 is 0 Å². The van der Waals surface area contributed by atoms with Crippen molar-refractivity contribution in [2.45, 2.75) is 59.3 Å². The summed E-state index contributed by atoms with van der Waals surface area (Å²) < 4.78 is 0. The van der Waals surface area contributed by atoms with Crippen LogP contribution in [-0.4, -0.2) is 45.6 Å². The van der Waals surface area contributed by atoms with Gasteiger partial charge in [-0.3, -0.25) is 4.79 Å². The summed E-state index contributed by atoms with van der Waals surface area (Å²) in [5.74, 6) is 0.119. The first-order chi connectivity index (χ1) is 11.4. The lowest BCUT2D eigenvalue weighted by Gasteiger charge is -2.42. The summed E-state index contributed by atoms with van der Waals surface area (Å²) in [4.78, 5) is 32.5. The van der Waals surface area contributed by atoms with E-state index in [0.29, 0.717) is 25.1 Å². The smallest absolute Gasteiger partial charge is 0.345 e. The van der Waals surface area contributed by atoms with Crippen LogP contribution in [-0.2, 0) is 11.2 Å². The van der Waals surface area contributed by atoms with Gasteiger partial charge in [-0.05, 0) is 45.1 Å². The second kappa shape index (κ2) is 7.92. The second-order valence-corrected chi connectivity index (χ2v) is 7.06. The van der Waals surface area contributed by atoms with Crippen molar-refractivity contribution >= 4 is 5.91 Å². The molecule has 1 aromatic rings. The summed E-state index contributed by atoms with van der Waals surface area (Å²) in [5, 5.41) is 9.80. The Morgan fingerprint density at radius 1 is 1.42 bits per heavy atom. The SMILES string of the molecule is CCCC1(CO)CCCN(C(=O)CCc2c(C)nc(=O)[nH]c2C)C1. The minimum atomic E-state index is -0.344. The Balaban J connectivity index is 2.01. The number of amides is 1. The lowest BCUT2D eigenvalue weighted by atomic mass is 9.77. The van der Waals surface area contributed by atoms with Gasteiger partial charge in [-0.2, -0.15) is 4.98 Å². The van der Waals surface area contributed by atoms with Gasteiger partial charge in [0, 0.05) is 36.3 Å².